The van der Waals surface area contributed by atoms with Crippen LogP contribution in [0.1, 0.15) is 46.7 Å². The number of hydrogen-bond acceptors (Lipinski definition) is 6. The molecule has 0 saturated carbocycles. The fourth-order valence-corrected chi connectivity index (χ4v) is 4.89. The highest BCUT2D eigenvalue weighted by Crippen LogP contribution is 2.36. The Labute approximate surface area is 216 Å². The van der Waals surface area contributed by atoms with Crippen molar-refractivity contribution in [1.29, 1.82) is 0 Å². The normalized spacial score (nSPS) is 15.1. The Hall–Kier alpha value is -3.17. The molecule has 0 atom stereocenters. The van der Waals surface area contributed by atoms with Crippen molar-refractivity contribution in [3.8, 4) is 5.75 Å². The van der Waals surface area contributed by atoms with E-state index in [9.17, 15) is 13.2 Å². The molecule has 1 aliphatic heterocycles. The van der Waals surface area contributed by atoms with Gasteiger partial charge in [-0.1, -0.05) is 30.3 Å². The second-order valence-corrected chi connectivity index (χ2v) is 9.52. The number of anilines is 2. The fraction of sp³-hybridized carbons (Fsp3) is 0.429. The van der Waals surface area contributed by atoms with E-state index in [0.29, 0.717) is 36.7 Å². The summed E-state index contributed by atoms with van der Waals surface area (Å²) in [5, 5.41) is 3.07. The number of likely N-dealkylation sites (tertiary alicyclic amines) is 1. The predicted molar refractivity (Wildman–Crippen MR) is 139 cm³/mol. The Morgan fingerprint density at radius 2 is 1.76 bits per heavy atom. The SMILES string of the molecule is COc1cc(C2CCN(C)CC2)ccc1Nc1ncc(C(F)(F)F)c(CCc2ccccc2CCN)n1. The summed E-state index contributed by atoms with van der Waals surface area (Å²) in [6, 6.07) is 13.6. The lowest BCUT2D eigenvalue weighted by molar-refractivity contribution is -0.138. The van der Waals surface area contributed by atoms with E-state index in [1.54, 1.807) is 7.11 Å². The number of aromatic nitrogens is 2. The molecule has 0 aliphatic carbocycles. The van der Waals surface area contributed by atoms with Crippen molar-refractivity contribution in [2.24, 2.45) is 5.73 Å². The zero-order valence-corrected chi connectivity index (χ0v) is 21.3. The highest BCUT2D eigenvalue weighted by molar-refractivity contribution is 5.63. The summed E-state index contributed by atoms with van der Waals surface area (Å²) < 4.78 is 46.9. The minimum atomic E-state index is -4.54. The van der Waals surface area contributed by atoms with Gasteiger partial charge in [-0.05, 0) is 93.5 Å². The standard InChI is InChI=1S/C28H34F3N5O/c1-36-15-12-21(13-16-36)22-8-10-25(26(17-22)37-2)35-27-33-18-23(28(29,30)31)24(34-27)9-7-19-5-3-4-6-20(19)11-14-32/h3-6,8,10,17-18,21H,7,9,11-16,32H2,1-2H3,(H,33,34,35). The van der Waals surface area contributed by atoms with Crippen LogP contribution < -0.4 is 15.8 Å². The lowest BCUT2D eigenvalue weighted by Crippen LogP contribution is -2.29. The smallest absolute Gasteiger partial charge is 0.419 e. The van der Waals surface area contributed by atoms with Crippen molar-refractivity contribution in [3.63, 3.8) is 0 Å². The van der Waals surface area contributed by atoms with E-state index in [1.807, 2.05) is 42.5 Å². The number of nitrogens with one attached hydrogen (secondary N) is 1. The second kappa shape index (κ2) is 11.9. The third-order valence-electron chi connectivity index (χ3n) is 7.00. The van der Waals surface area contributed by atoms with Crippen LogP contribution in [0.3, 0.4) is 0 Å². The minimum absolute atomic E-state index is 0.0468. The average Bonchev–Trinajstić information content (AvgIpc) is 2.88. The van der Waals surface area contributed by atoms with Crippen LogP contribution in [-0.4, -0.2) is 48.7 Å². The largest absolute Gasteiger partial charge is 0.495 e. The Morgan fingerprint density at radius 1 is 1.05 bits per heavy atom. The first-order chi connectivity index (χ1) is 17.8. The van der Waals surface area contributed by atoms with E-state index in [1.165, 1.54) is 5.56 Å². The number of methoxy groups -OCH3 is 1. The van der Waals surface area contributed by atoms with Crippen molar-refractivity contribution >= 4 is 11.6 Å². The molecule has 0 unspecified atom stereocenters. The number of alkyl halides is 3. The molecule has 9 heteroatoms. The van der Waals surface area contributed by atoms with Gasteiger partial charge in [0.1, 0.15) is 5.75 Å². The molecule has 0 radical (unpaired) electrons. The second-order valence-electron chi connectivity index (χ2n) is 9.52. The number of nitrogens with two attached hydrogens (primary N) is 1. The van der Waals surface area contributed by atoms with E-state index >= 15 is 0 Å². The van der Waals surface area contributed by atoms with Gasteiger partial charge in [0.2, 0.25) is 5.95 Å². The number of hydrogen-bond donors (Lipinski definition) is 2. The van der Waals surface area contributed by atoms with Gasteiger partial charge in [0.05, 0.1) is 24.1 Å². The lowest BCUT2D eigenvalue weighted by atomic mass is 9.89. The number of nitrogens with zero attached hydrogens (tertiary/aromatic N) is 3. The molecule has 6 nitrogen and oxygen atoms in total. The zero-order chi connectivity index (χ0) is 26.4. The molecule has 2 aromatic carbocycles. The molecule has 3 aromatic rings. The highest BCUT2D eigenvalue weighted by Gasteiger charge is 2.35. The van der Waals surface area contributed by atoms with Gasteiger partial charge in [0.15, 0.2) is 0 Å². The first-order valence-electron chi connectivity index (χ1n) is 12.6. The number of ether oxygens (including phenoxy) is 1. The summed E-state index contributed by atoms with van der Waals surface area (Å²) in [6.45, 7) is 2.57. The van der Waals surface area contributed by atoms with E-state index in [2.05, 4.69) is 27.2 Å². The topological polar surface area (TPSA) is 76.3 Å². The molecule has 2 heterocycles. The maximum Gasteiger partial charge on any atom is 0.419 e. The van der Waals surface area contributed by atoms with Gasteiger partial charge in [0.25, 0.3) is 0 Å². The van der Waals surface area contributed by atoms with Crippen LogP contribution in [-0.2, 0) is 25.4 Å². The molecular formula is C28H34F3N5O. The van der Waals surface area contributed by atoms with Crippen LogP contribution in [0.25, 0.3) is 0 Å². The first-order valence-corrected chi connectivity index (χ1v) is 12.6. The van der Waals surface area contributed by atoms with Crippen molar-refractivity contribution < 1.29 is 17.9 Å². The Morgan fingerprint density at radius 3 is 2.41 bits per heavy atom. The lowest BCUT2D eigenvalue weighted by Gasteiger charge is -2.29. The Kier molecular flexibility index (Phi) is 8.66. The van der Waals surface area contributed by atoms with Crippen LogP contribution in [0.2, 0.25) is 0 Å². The summed E-state index contributed by atoms with van der Waals surface area (Å²) in [4.78, 5) is 10.6. The van der Waals surface area contributed by atoms with Gasteiger partial charge < -0.3 is 20.7 Å². The summed E-state index contributed by atoms with van der Waals surface area (Å²) in [5.41, 5.74) is 8.65. The van der Waals surface area contributed by atoms with Crippen LogP contribution in [0.4, 0.5) is 24.8 Å². The summed E-state index contributed by atoms with van der Waals surface area (Å²) in [5.74, 6) is 1.16. The third kappa shape index (κ3) is 6.78. The first kappa shape index (κ1) is 26.9. The number of halogens is 3. The molecule has 1 aliphatic rings. The van der Waals surface area contributed by atoms with E-state index in [-0.39, 0.29) is 18.1 Å². The molecular weight excluding hydrogens is 479 g/mol. The van der Waals surface area contributed by atoms with Gasteiger partial charge in [-0.2, -0.15) is 13.2 Å². The van der Waals surface area contributed by atoms with E-state index in [4.69, 9.17) is 10.5 Å². The van der Waals surface area contributed by atoms with Gasteiger partial charge in [0, 0.05) is 6.20 Å². The van der Waals surface area contributed by atoms with Crippen LogP contribution in [0.15, 0.2) is 48.7 Å². The van der Waals surface area contributed by atoms with Crippen LogP contribution >= 0.6 is 0 Å². The van der Waals surface area contributed by atoms with Crippen molar-refractivity contribution in [1.82, 2.24) is 14.9 Å². The highest BCUT2D eigenvalue weighted by atomic mass is 19.4. The van der Waals surface area contributed by atoms with Crippen LogP contribution in [0, 0.1) is 0 Å². The maximum atomic E-state index is 13.8. The quantitative estimate of drug-likeness (QED) is 0.402. The molecule has 0 bridgehead atoms. The number of piperidine rings is 1. The molecule has 0 spiro atoms. The van der Waals surface area contributed by atoms with Crippen molar-refractivity contribution in [2.75, 3.05) is 39.1 Å². The molecule has 3 N–H and O–H groups in total. The summed E-state index contributed by atoms with van der Waals surface area (Å²) >= 11 is 0. The van der Waals surface area contributed by atoms with Crippen molar-refractivity contribution in [3.05, 3.63) is 76.6 Å². The van der Waals surface area contributed by atoms with E-state index in [0.717, 1.165) is 43.3 Å². The number of benzene rings is 2. The van der Waals surface area contributed by atoms with Gasteiger partial charge in [-0.3, -0.25) is 0 Å². The van der Waals surface area contributed by atoms with Crippen LogP contribution in [0.5, 0.6) is 5.75 Å². The number of aryl methyl sites for hydroxylation is 2. The average molecular weight is 514 g/mol. The molecule has 0 amide bonds. The molecule has 198 valence electrons. The van der Waals surface area contributed by atoms with Gasteiger partial charge in [-0.15, -0.1) is 0 Å². The summed E-state index contributed by atoms with van der Waals surface area (Å²) in [7, 11) is 3.71. The zero-order valence-electron chi connectivity index (χ0n) is 21.3. The molecule has 1 fully saturated rings. The minimum Gasteiger partial charge on any atom is -0.495 e. The third-order valence-corrected chi connectivity index (χ3v) is 7.00. The maximum absolute atomic E-state index is 13.8. The molecule has 4 rings (SSSR count). The Bertz CT molecular complexity index is 1190. The molecule has 1 saturated heterocycles. The molecule has 1 aromatic heterocycles. The fourth-order valence-electron chi connectivity index (χ4n) is 4.89. The van der Waals surface area contributed by atoms with Gasteiger partial charge >= 0.3 is 6.18 Å². The number of rotatable bonds is 9. The molecule has 37 heavy (non-hydrogen) atoms. The summed E-state index contributed by atoms with van der Waals surface area (Å²) in [6.07, 6.45) is -0.317. The van der Waals surface area contributed by atoms with Crippen molar-refractivity contribution in [2.45, 2.75) is 44.2 Å². The Balaban J connectivity index is 1.56. The van der Waals surface area contributed by atoms with E-state index < -0.39 is 11.7 Å². The van der Waals surface area contributed by atoms with Gasteiger partial charge in [-0.25, -0.2) is 9.97 Å². The monoisotopic (exact) mass is 513 g/mol. The predicted octanol–water partition coefficient (Wildman–Crippen LogP) is 5.34.